The Morgan fingerprint density at radius 2 is 2.13 bits per heavy atom. The molecule has 15 heavy (non-hydrogen) atoms. The van der Waals surface area contributed by atoms with Crippen molar-refractivity contribution >= 4 is 5.91 Å². The molecule has 0 radical (unpaired) electrons. The van der Waals surface area contributed by atoms with Gasteiger partial charge in [-0.15, -0.1) is 0 Å². The maximum Gasteiger partial charge on any atom is 0.257 e. The molecule has 0 heterocycles. The minimum absolute atomic E-state index is 0.0581. The molecule has 1 aromatic rings. The van der Waals surface area contributed by atoms with E-state index < -0.39 is 0 Å². The van der Waals surface area contributed by atoms with Crippen LogP contribution in [-0.2, 0) is 0 Å². The first-order valence-corrected chi connectivity index (χ1v) is 4.53. The first kappa shape index (κ1) is 11.3. The van der Waals surface area contributed by atoms with Gasteiger partial charge in [0.1, 0.15) is 11.5 Å². The van der Waals surface area contributed by atoms with Crippen molar-refractivity contribution in [2.75, 3.05) is 20.1 Å². The molecule has 1 aromatic carbocycles. The van der Waals surface area contributed by atoms with E-state index in [4.69, 9.17) is 5.73 Å². The minimum atomic E-state index is -0.367. The highest BCUT2D eigenvalue weighted by molar-refractivity contribution is 5.97. The third-order valence-corrected chi connectivity index (χ3v) is 2.02. The monoisotopic (exact) mass is 210 g/mol. The number of phenolic OH excluding ortho intramolecular Hbond substituents is 2. The van der Waals surface area contributed by atoms with Crippen LogP contribution in [-0.4, -0.2) is 41.2 Å². The molecule has 0 saturated carbocycles. The molecule has 0 aliphatic carbocycles. The summed E-state index contributed by atoms with van der Waals surface area (Å²) in [6.45, 7) is 0.746. The number of nitrogens with two attached hydrogens (primary N) is 1. The third kappa shape index (κ3) is 2.60. The maximum atomic E-state index is 11.7. The molecule has 0 saturated heterocycles. The molecule has 1 amide bonds. The van der Waals surface area contributed by atoms with Gasteiger partial charge in [-0.3, -0.25) is 4.79 Å². The predicted octanol–water partition coefficient (Wildman–Crippen LogP) is 0.129. The van der Waals surface area contributed by atoms with E-state index in [1.54, 1.807) is 7.05 Å². The van der Waals surface area contributed by atoms with Gasteiger partial charge in [0.2, 0.25) is 0 Å². The number of aromatic hydroxyl groups is 2. The highest BCUT2D eigenvalue weighted by atomic mass is 16.3. The number of hydrogen-bond acceptors (Lipinski definition) is 4. The van der Waals surface area contributed by atoms with Crippen LogP contribution in [0.4, 0.5) is 0 Å². The molecule has 0 unspecified atom stereocenters. The zero-order valence-electron chi connectivity index (χ0n) is 8.47. The van der Waals surface area contributed by atoms with Crippen LogP contribution >= 0.6 is 0 Å². The lowest BCUT2D eigenvalue weighted by atomic mass is 10.1. The molecule has 4 N–H and O–H groups in total. The van der Waals surface area contributed by atoms with Crippen LogP contribution < -0.4 is 5.73 Å². The molecule has 0 atom stereocenters. The highest BCUT2D eigenvalue weighted by Crippen LogP contribution is 2.22. The topological polar surface area (TPSA) is 86.8 Å². The average Bonchev–Trinajstić information content (AvgIpc) is 2.21. The molecule has 5 heteroatoms. The Kier molecular flexibility index (Phi) is 3.51. The van der Waals surface area contributed by atoms with Gasteiger partial charge in [0, 0.05) is 20.1 Å². The summed E-state index contributed by atoms with van der Waals surface area (Å²) >= 11 is 0. The summed E-state index contributed by atoms with van der Waals surface area (Å²) in [5.41, 5.74) is 5.38. The summed E-state index contributed by atoms with van der Waals surface area (Å²) in [6.07, 6.45) is 0. The molecule has 0 aromatic heterocycles. The molecule has 5 nitrogen and oxygen atoms in total. The minimum Gasteiger partial charge on any atom is -0.508 e. The van der Waals surface area contributed by atoms with Gasteiger partial charge in [0.15, 0.2) is 0 Å². The highest BCUT2D eigenvalue weighted by Gasteiger charge is 2.15. The molecule has 0 aliphatic rings. The Labute approximate surface area is 87.7 Å². The SMILES string of the molecule is CN(CCN)C(=O)c1cc(O)ccc1O. The van der Waals surface area contributed by atoms with Crippen molar-refractivity contribution in [1.82, 2.24) is 4.90 Å². The predicted molar refractivity (Wildman–Crippen MR) is 55.8 cm³/mol. The standard InChI is InChI=1S/C10H14N2O3/c1-12(5-4-11)10(15)8-6-7(13)2-3-9(8)14/h2-3,6,13-14H,4-5,11H2,1H3. The fourth-order valence-corrected chi connectivity index (χ4v) is 1.20. The van der Waals surface area contributed by atoms with Crippen molar-refractivity contribution in [3.05, 3.63) is 23.8 Å². The Hall–Kier alpha value is -1.75. The molecule has 1 rings (SSSR count). The Morgan fingerprint density at radius 1 is 1.47 bits per heavy atom. The van der Waals surface area contributed by atoms with Gasteiger partial charge in [0.25, 0.3) is 5.91 Å². The van der Waals surface area contributed by atoms with Crippen LogP contribution in [0.2, 0.25) is 0 Å². The molecule has 0 bridgehead atoms. The number of carbonyl (C=O) groups excluding carboxylic acids is 1. The van der Waals surface area contributed by atoms with E-state index in [9.17, 15) is 15.0 Å². The third-order valence-electron chi connectivity index (χ3n) is 2.02. The van der Waals surface area contributed by atoms with E-state index in [1.807, 2.05) is 0 Å². The van der Waals surface area contributed by atoms with Crippen molar-refractivity contribution in [2.45, 2.75) is 0 Å². The summed E-state index contributed by atoms with van der Waals surface area (Å²) in [7, 11) is 1.58. The van der Waals surface area contributed by atoms with Crippen molar-refractivity contribution < 1.29 is 15.0 Å². The van der Waals surface area contributed by atoms with Crippen molar-refractivity contribution in [3.63, 3.8) is 0 Å². The van der Waals surface area contributed by atoms with Crippen LogP contribution in [0.5, 0.6) is 11.5 Å². The quantitative estimate of drug-likeness (QED) is 0.619. The number of benzene rings is 1. The van der Waals surface area contributed by atoms with Gasteiger partial charge in [0.05, 0.1) is 5.56 Å². The van der Waals surface area contributed by atoms with Gasteiger partial charge in [-0.25, -0.2) is 0 Å². The Morgan fingerprint density at radius 3 is 2.73 bits per heavy atom. The smallest absolute Gasteiger partial charge is 0.257 e. The Bertz CT molecular complexity index is 366. The van der Waals surface area contributed by atoms with Crippen LogP contribution in [0, 0.1) is 0 Å². The van der Waals surface area contributed by atoms with Crippen molar-refractivity contribution in [2.24, 2.45) is 5.73 Å². The van der Waals surface area contributed by atoms with Gasteiger partial charge in [-0.1, -0.05) is 0 Å². The number of hydrogen-bond donors (Lipinski definition) is 3. The van der Waals surface area contributed by atoms with Crippen molar-refractivity contribution in [3.8, 4) is 11.5 Å². The van der Waals surface area contributed by atoms with Gasteiger partial charge >= 0.3 is 0 Å². The summed E-state index contributed by atoms with van der Waals surface area (Å²) < 4.78 is 0. The number of likely N-dealkylation sites (N-methyl/N-ethyl adjacent to an activating group) is 1. The van der Waals surface area contributed by atoms with Gasteiger partial charge in [-0.05, 0) is 18.2 Å². The zero-order valence-corrected chi connectivity index (χ0v) is 8.47. The molecule has 82 valence electrons. The average molecular weight is 210 g/mol. The van der Waals surface area contributed by atoms with Crippen LogP contribution in [0.15, 0.2) is 18.2 Å². The lowest BCUT2D eigenvalue weighted by Gasteiger charge is -2.16. The maximum absolute atomic E-state index is 11.7. The molecule has 0 fully saturated rings. The molecule has 0 aliphatic heterocycles. The largest absolute Gasteiger partial charge is 0.508 e. The van der Waals surface area contributed by atoms with E-state index in [-0.39, 0.29) is 23.0 Å². The van der Waals surface area contributed by atoms with Crippen molar-refractivity contribution in [1.29, 1.82) is 0 Å². The summed E-state index contributed by atoms with van der Waals surface area (Å²) in [4.78, 5) is 13.1. The van der Waals surface area contributed by atoms with E-state index in [0.717, 1.165) is 0 Å². The van der Waals surface area contributed by atoms with E-state index in [0.29, 0.717) is 13.1 Å². The first-order chi connectivity index (χ1) is 7.06. The second-order valence-electron chi connectivity index (χ2n) is 3.22. The summed E-state index contributed by atoms with van der Waals surface area (Å²) in [5, 5.41) is 18.6. The molecule has 0 spiro atoms. The first-order valence-electron chi connectivity index (χ1n) is 4.53. The second-order valence-corrected chi connectivity index (χ2v) is 3.22. The summed E-state index contributed by atoms with van der Waals surface area (Å²) in [6, 6.07) is 3.82. The second kappa shape index (κ2) is 4.65. The fourth-order valence-electron chi connectivity index (χ4n) is 1.20. The van der Waals surface area contributed by atoms with E-state index in [1.165, 1.54) is 23.1 Å². The lowest BCUT2D eigenvalue weighted by Crippen LogP contribution is -2.31. The molecular weight excluding hydrogens is 196 g/mol. The number of rotatable bonds is 3. The lowest BCUT2D eigenvalue weighted by molar-refractivity contribution is 0.0795. The van der Waals surface area contributed by atoms with Gasteiger partial charge < -0.3 is 20.8 Å². The van der Waals surface area contributed by atoms with Crippen LogP contribution in [0.1, 0.15) is 10.4 Å². The Balaban J connectivity index is 2.95. The van der Waals surface area contributed by atoms with E-state index in [2.05, 4.69) is 0 Å². The number of phenols is 2. The van der Waals surface area contributed by atoms with Crippen LogP contribution in [0.3, 0.4) is 0 Å². The van der Waals surface area contributed by atoms with E-state index >= 15 is 0 Å². The molecular formula is C10H14N2O3. The summed E-state index contributed by atoms with van der Waals surface area (Å²) in [5.74, 6) is -0.576. The number of nitrogens with zero attached hydrogens (tertiary/aromatic N) is 1. The van der Waals surface area contributed by atoms with Crippen LogP contribution in [0.25, 0.3) is 0 Å². The normalized spacial score (nSPS) is 10.0. The number of carbonyl (C=O) groups is 1. The van der Waals surface area contributed by atoms with Gasteiger partial charge in [-0.2, -0.15) is 0 Å². The number of amides is 1. The zero-order chi connectivity index (χ0) is 11.4. The fraction of sp³-hybridized carbons (Fsp3) is 0.300.